The molecule has 0 unspecified atom stereocenters. The third-order valence-corrected chi connectivity index (χ3v) is 3.65. The van der Waals surface area contributed by atoms with Crippen molar-refractivity contribution in [3.8, 4) is 0 Å². The molecule has 1 heterocycles. The Morgan fingerprint density at radius 2 is 1.68 bits per heavy atom. The summed E-state index contributed by atoms with van der Waals surface area (Å²) >= 11 is 0. The Kier molecular flexibility index (Phi) is 4.20. The van der Waals surface area contributed by atoms with E-state index < -0.39 is 21.8 Å². The zero-order valence-electron chi connectivity index (χ0n) is 11.2. The van der Waals surface area contributed by atoms with Crippen LogP contribution in [0.5, 0.6) is 0 Å². The van der Waals surface area contributed by atoms with Gasteiger partial charge in [0.15, 0.2) is 0 Å². The molecule has 0 saturated carbocycles. The fourth-order valence-electron chi connectivity index (χ4n) is 1.61. The van der Waals surface area contributed by atoms with E-state index in [2.05, 4.69) is 10.3 Å². The predicted molar refractivity (Wildman–Crippen MR) is 78.5 cm³/mol. The first kappa shape index (κ1) is 15.6. The normalized spacial score (nSPS) is 11.0. The number of pyridine rings is 1. The Morgan fingerprint density at radius 3 is 2.14 bits per heavy atom. The van der Waals surface area contributed by atoms with Gasteiger partial charge in [0.1, 0.15) is 5.69 Å². The lowest BCUT2D eigenvalue weighted by Gasteiger charge is -2.06. The monoisotopic (exact) mass is 320 g/mol. The lowest BCUT2D eigenvalue weighted by Crippen LogP contribution is -2.16. The molecule has 114 valence electrons. The Labute approximate surface area is 126 Å². The summed E-state index contributed by atoms with van der Waals surface area (Å²) in [6.07, 6.45) is 1.22. The molecule has 22 heavy (non-hydrogen) atoms. The maximum absolute atomic E-state index is 12.0. The number of carbonyl (C=O) groups excluding carboxylic acids is 2. The second kappa shape index (κ2) is 5.92. The van der Waals surface area contributed by atoms with Gasteiger partial charge in [-0.3, -0.25) is 14.6 Å². The number of hydrogen-bond acceptors (Lipinski definition) is 5. The van der Waals surface area contributed by atoms with Crippen molar-refractivity contribution in [1.29, 1.82) is 0 Å². The Morgan fingerprint density at radius 1 is 1.05 bits per heavy atom. The maximum atomic E-state index is 12.0. The van der Waals surface area contributed by atoms with E-state index in [9.17, 15) is 18.0 Å². The predicted octanol–water partition coefficient (Wildman–Crippen LogP) is 0.0802. The Bertz CT molecular complexity index is 814. The molecule has 5 N–H and O–H groups in total. The Hall–Kier alpha value is -2.78. The van der Waals surface area contributed by atoms with Gasteiger partial charge < -0.3 is 11.1 Å². The smallest absolute Gasteiger partial charge is 0.267 e. The van der Waals surface area contributed by atoms with Crippen LogP contribution >= 0.6 is 0 Å². The molecule has 2 aromatic rings. The van der Waals surface area contributed by atoms with Gasteiger partial charge in [-0.25, -0.2) is 13.6 Å². The Balaban J connectivity index is 2.13. The van der Waals surface area contributed by atoms with E-state index >= 15 is 0 Å². The van der Waals surface area contributed by atoms with Gasteiger partial charge in [0, 0.05) is 11.9 Å². The van der Waals surface area contributed by atoms with Crippen molar-refractivity contribution in [3.63, 3.8) is 0 Å². The van der Waals surface area contributed by atoms with E-state index in [1.54, 1.807) is 0 Å². The van der Waals surface area contributed by atoms with Crippen LogP contribution in [-0.4, -0.2) is 25.2 Å². The number of anilines is 1. The van der Waals surface area contributed by atoms with Crippen molar-refractivity contribution in [2.24, 2.45) is 10.9 Å². The van der Waals surface area contributed by atoms with E-state index in [-0.39, 0.29) is 16.2 Å². The lowest BCUT2D eigenvalue weighted by atomic mass is 10.2. The highest BCUT2D eigenvalue weighted by Gasteiger charge is 2.10. The number of sulfonamides is 1. The van der Waals surface area contributed by atoms with E-state index in [0.29, 0.717) is 5.69 Å². The molecule has 0 bridgehead atoms. The van der Waals surface area contributed by atoms with E-state index in [1.165, 1.54) is 42.6 Å². The number of amides is 2. The molecule has 1 aromatic carbocycles. The zero-order valence-corrected chi connectivity index (χ0v) is 12.0. The molecular weight excluding hydrogens is 308 g/mol. The van der Waals surface area contributed by atoms with Crippen LogP contribution in [0.1, 0.15) is 20.8 Å². The molecule has 0 saturated heterocycles. The van der Waals surface area contributed by atoms with Gasteiger partial charge in [0.05, 0.1) is 10.5 Å². The molecule has 8 nitrogen and oxygen atoms in total. The minimum Gasteiger partial charge on any atom is -0.364 e. The van der Waals surface area contributed by atoms with Gasteiger partial charge in [0.25, 0.3) is 11.8 Å². The fourth-order valence-corrected chi connectivity index (χ4v) is 2.12. The largest absolute Gasteiger partial charge is 0.364 e. The van der Waals surface area contributed by atoms with Crippen LogP contribution in [0, 0.1) is 0 Å². The molecule has 0 aliphatic heterocycles. The van der Waals surface area contributed by atoms with Crippen LogP contribution in [0.2, 0.25) is 0 Å². The van der Waals surface area contributed by atoms with Crippen LogP contribution in [-0.2, 0) is 10.0 Å². The number of carbonyl (C=O) groups is 2. The van der Waals surface area contributed by atoms with Crippen LogP contribution in [0.15, 0.2) is 47.5 Å². The summed E-state index contributed by atoms with van der Waals surface area (Å²) in [4.78, 5) is 26.6. The van der Waals surface area contributed by atoms with Crippen molar-refractivity contribution in [2.75, 3.05) is 5.32 Å². The van der Waals surface area contributed by atoms with E-state index in [4.69, 9.17) is 10.9 Å². The molecular formula is C13H12N4O4S. The molecule has 1 aromatic heterocycles. The lowest BCUT2D eigenvalue weighted by molar-refractivity contribution is 0.0990. The van der Waals surface area contributed by atoms with Gasteiger partial charge in [-0.05, 0) is 36.4 Å². The van der Waals surface area contributed by atoms with Crippen molar-refractivity contribution in [2.45, 2.75) is 4.90 Å². The summed E-state index contributed by atoms with van der Waals surface area (Å²) in [5.74, 6) is -1.16. The maximum Gasteiger partial charge on any atom is 0.267 e. The van der Waals surface area contributed by atoms with Crippen molar-refractivity contribution >= 4 is 27.5 Å². The number of aromatic nitrogens is 1. The molecule has 2 amide bonds. The first-order valence-electron chi connectivity index (χ1n) is 5.97. The molecule has 0 atom stereocenters. The number of nitrogens with zero attached hydrogens (tertiary/aromatic N) is 1. The summed E-state index contributed by atoms with van der Waals surface area (Å²) in [6, 6.07) is 8.10. The highest BCUT2D eigenvalue weighted by Crippen LogP contribution is 2.13. The minimum absolute atomic E-state index is 0.0501. The first-order chi connectivity index (χ1) is 10.3. The number of primary amides is 1. The van der Waals surface area contributed by atoms with Gasteiger partial charge in [-0.15, -0.1) is 0 Å². The van der Waals surface area contributed by atoms with E-state index in [1.807, 2.05) is 0 Å². The summed E-state index contributed by atoms with van der Waals surface area (Å²) in [5.41, 5.74) is 5.71. The molecule has 0 spiro atoms. The molecule has 9 heteroatoms. The van der Waals surface area contributed by atoms with Crippen LogP contribution in [0.4, 0.5) is 5.69 Å². The molecule has 2 rings (SSSR count). The van der Waals surface area contributed by atoms with Crippen LogP contribution < -0.4 is 16.2 Å². The van der Waals surface area contributed by atoms with Crippen molar-refractivity contribution in [1.82, 2.24) is 4.98 Å². The highest BCUT2D eigenvalue weighted by molar-refractivity contribution is 7.89. The third kappa shape index (κ3) is 3.65. The topological polar surface area (TPSA) is 145 Å². The van der Waals surface area contributed by atoms with E-state index in [0.717, 1.165) is 0 Å². The fraction of sp³-hybridized carbons (Fsp3) is 0. The second-order valence-electron chi connectivity index (χ2n) is 4.32. The summed E-state index contributed by atoms with van der Waals surface area (Å²) in [7, 11) is -3.78. The molecule has 0 radical (unpaired) electrons. The standard InChI is InChI=1S/C13H12N4O4S/c14-12(18)11-6-1-8(7-16-11)13(19)17-9-2-4-10(5-3-9)22(15,20)21/h1-7H,(H2,14,18)(H,17,19)(H2,15,20,21). The van der Waals surface area contributed by atoms with Gasteiger partial charge in [0.2, 0.25) is 10.0 Å². The molecule has 0 aliphatic rings. The number of rotatable bonds is 4. The van der Waals surface area contributed by atoms with Gasteiger partial charge in [-0.1, -0.05) is 0 Å². The summed E-state index contributed by atoms with van der Waals surface area (Å²) < 4.78 is 22.2. The molecule has 0 aliphatic carbocycles. The number of primary sulfonamides is 1. The summed E-state index contributed by atoms with van der Waals surface area (Å²) in [6.45, 7) is 0. The quantitative estimate of drug-likeness (QED) is 0.730. The SMILES string of the molecule is NC(=O)c1ccc(C(=O)Nc2ccc(S(N)(=O)=O)cc2)cn1. The average Bonchev–Trinajstić information content (AvgIpc) is 2.47. The highest BCUT2D eigenvalue weighted by atomic mass is 32.2. The van der Waals surface area contributed by atoms with Gasteiger partial charge in [-0.2, -0.15) is 0 Å². The third-order valence-electron chi connectivity index (χ3n) is 2.72. The second-order valence-corrected chi connectivity index (χ2v) is 5.88. The zero-order chi connectivity index (χ0) is 16.3. The number of nitrogens with two attached hydrogens (primary N) is 2. The number of benzene rings is 1. The van der Waals surface area contributed by atoms with Crippen molar-refractivity contribution in [3.05, 3.63) is 53.9 Å². The van der Waals surface area contributed by atoms with Crippen molar-refractivity contribution < 1.29 is 18.0 Å². The minimum atomic E-state index is -3.78. The van der Waals surface area contributed by atoms with Gasteiger partial charge >= 0.3 is 0 Å². The number of hydrogen-bond donors (Lipinski definition) is 3. The molecule has 0 fully saturated rings. The van der Waals surface area contributed by atoms with Crippen LogP contribution in [0.25, 0.3) is 0 Å². The van der Waals surface area contributed by atoms with Crippen LogP contribution in [0.3, 0.4) is 0 Å². The number of nitrogens with one attached hydrogen (secondary N) is 1. The first-order valence-corrected chi connectivity index (χ1v) is 7.52. The average molecular weight is 320 g/mol. The summed E-state index contributed by atoms with van der Waals surface area (Å²) in [5, 5.41) is 7.53.